The second kappa shape index (κ2) is 6.88. The van der Waals surface area contributed by atoms with Gasteiger partial charge in [0.25, 0.3) is 11.8 Å². The number of rotatable bonds is 3. The molecule has 2 aromatic carbocycles. The lowest BCUT2D eigenvalue weighted by Crippen LogP contribution is -2.44. The van der Waals surface area contributed by atoms with Crippen LogP contribution in [0.1, 0.15) is 27.6 Å². The van der Waals surface area contributed by atoms with E-state index in [-0.39, 0.29) is 22.6 Å². The van der Waals surface area contributed by atoms with Crippen LogP contribution in [-0.4, -0.2) is 32.2 Å². The van der Waals surface area contributed by atoms with E-state index >= 15 is 0 Å². The number of aromatic hydroxyl groups is 3. The van der Waals surface area contributed by atoms with Crippen molar-refractivity contribution in [1.29, 1.82) is 0 Å². The van der Waals surface area contributed by atoms with Crippen LogP contribution in [0.3, 0.4) is 0 Å². The highest BCUT2D eigenvalue weighted by Gasteiger charge is 2.20. The molecule has 0 radical (unpaired) electrons. The van der Waals surface area contributed by atoms with Crippen molar-refractivity contribution in [2.24, 2.45) is 0 Å². The average molecular weight is 332 g/mol. The first-order valence-corrected chi connectivity index (χ1v) is 6.89. The van der Waals surface area contributed by atoms with Crippen LogP contribution in [0.25, 0.3) is 0 Å². The maximum atomic E-state index is 12.0. The molecule has 2 aromatic rings. The molecule has 0 bridgehead atoms. The molecule has 0 saturated carbocycles. The zero-order valence-corrected chi connectivity index (χ0v) is 12.6. The molecule has 0 spiro atoms. The molecule has 0 aliphatic rings. The number of hydrazine groups is 1. The van der Waals surface area contributed by atoms with Crippen LogP contribution in [0.2, 0.25) is 0 Å². The quantitative estimate of drug-likeness (QED) is 0.455. The molecule has 0 heterocycles. The first-order chi connectivity index (χ1) is 11.3. The third-order valence-electron chi connectivity index (χ3n) is 3.26. The summed E-state index contributed by atoms with van der Waals surface area (Å²) in [5.41, 5.74) is 4.40. The molecule has 8 heteroatoms. The molecule has 0 aliphatic carbocycles. The molecule has 8 nitrogen and oxygen atoms in total. The highest BCUT2D eigenvalue weighted by atomic mass is 16.3. The maximum Gasteiger partial charge on any atom is 0.273 e. The Hall–Kier alpha value is -3.26. The van der Waals surface area contributed by atoms with Gasteiger partial charge in [-0.25, -0.2) is 0 Å². The summed E-state index contributed by atoms with van der Waals surface area (Å²) in [7, 11) is 0. The smallest absolute Gasteiger partial charge is 0.273 e. The fourth-order valence-corrected chi connectivity index (χ4v) is 2.14. The standard InChI is InChI=1S/C16H16N2O6/c1-8-5-11(20)7-12(21)13(8)15(23)17-18-16(24)14(22)9-3-2-4-10(19)6-9/h2-7,14,19-22H,1H3,(H,17,23)(H,18,24). The summed E-state index contributed by atoms with van der Waals surface area (Å²) in [5, 5.41) is 38.3. The molecule has 2 amide bonds. The first kappa shape index (κ1) is 17.1. The number of carbonyl (C=O) groups excluding carboxylic acids is 2. The van der Waals surface area contributed by atoms with Crippen molar-refractivity contribution in [3.63, 3.8) is 0 Å². The van der Waals surface area contributed by atoms with Gasteiger partial charge in [-0.05, 0) is 36.2 Å². The molecule has 1 unspecified atom stereocenters. The van der Waals surface area contributed by atoms with Crippen molar-refractivity contribution >= 4 is 11.8 Å². The predicted octanol–water partition coefficient (Wildman–Crippen LogP) is 0.606. The molecule has 0 aromatic heterocycles. The van der Waals surface area contributed by atoms with Gasteiger partial charge in [-0.15, -0.1) is 0 Å². The number of nitrogens with one attached hydrogen (secondary N) is 2. The van der Waals surface area contributed by atoms with Gasteiger partial charge in [0.2, 0.25) is 0 Å². The van der Waals surface area contributed by atoms with Crippen molar-refractivity contribution < 1.29 is 30.0 Å². The number of aliphatic hydroxyl groups excluding tert-OH is 1. The number of amides is 2. The lowest BCUT2D eigenvalue weighted by molar-refractivity contribution is -0.130. The summed E-state index contributed by atoms with van der Waals surface area (Å²) in [6.07, 6.45) is -1.60. The van der Waals surface area contributed by atoms with E-state index in [1.807, 2.05) is 5.43 Å². The van der Waals surface area contributed by atoms with E-state index in [1.54, 1.807) is 0 Å². The Kier molecular flexibility index (Phi) is 4.90. The fourth-order valence-electron chi connectivity index (χ4n) is 2.14. The molecule has 24 heavy (non-hydrogen) atoms. The van der Waals surface area contributed by atoms with Crippen LogP contribution in [0.5, 0.6) is 17.2 Å². The van der Waals surface area contributed by atoms with E-state index in [4.69, 9.17) is 0 Å². The van der Waals surface area contributed by atoms with Gasteiger partial charge in [-0.3, -0.25) is 20.4 Å². The number of phenols is 3. The Morgan fingerprint density at radius 1 is 1.00 bits per heavy atom. The number of hydrogen-bond acceptors (Lipinski definition) is 6. The minimum Gasteiger partial charge on any atom is -0.508 e. The number of phenolic OH excluding ortho intramolecular Hbond substituents is 3. The third-order valence-corrected chi connectivity index (χ3v) is 3.26. The van der Waals surface area contributed by atoms with Crippen LogP contribution in [0, 0.1) is 6.92 Å². The number of benzene rings is 2. The second-order valence-corrected chi connectivity index (χ2v) is 5.10. The van der Waals surface area contributed by atoms with E-state index in [0.29, 0.717) is 5.56 Å². The van der Waals surface area contributed by atoms with Gasteiger partial charge in [0.05, 0.1) is 5.56 Å². The van der Waals surface area contributed by atoms with Gasteiger partial charge in [-0.2, -0.15) is 0 Å². The summed E-state index contributed by atoms with van der Waals surface area (Å²) in [5.74, 6) is -2.52. The summed E-state index contributed by atoms with van der Waals surface area (Å²) in [6, 6.07) is 7.75. The van der Waals surface area contributed by atoms with Crippen molar-refractivity contribution in [1.82, 2.24) is 10.9 Å². The number of aliphatic hydroxyl groups is 1. The van der Waals surface area contributed by atoms with E-state index < -0.39 is 23.7 Å². The monoisotopic (exact) mass is 332 g/mol. The normalized spacial score (nSPS) is 11.6. The van der Waals surface area contributed by atoms with Crippen molar-refractivity contribution in [2.45, 2.75) is 13.0 Å². The van der Waals surface area contributed by atoms with Crippen molar-refractivity contribution in [3.05, 3.63) is 53.1 Å². The second-order valence-electron chi connectivity index (χ2n) is 5.10. The Bertz CT molecular complexity index is 767. The van der Waals surface area contributed by atoms with Crippen LogP contribution >= 0.6 is 0 Å². The number of hydrogen-bond donors (Lipinski definition) is 6. The first-order valence-electron chi connectivity index (χ1n) is 6.89. The number of carbonyl (C=O) groups is 2. The zero-order chi connectivity index (χ0) is 17.9. The molecule has 0 saturated heterocycles. The van der Waals surface area contributed by atoms with Crippen LogP contribution < -0.4 is 10.9 Å². The molecule has 6 N–H and O–H groups in total. The van der Waals surface area contributed by atoms with E-state index in [1.165, 1.54) is 37.3 Å². The molecular weight excluding hydrogens is 316 g/mol. The van der Waals surface area contributed by atoms with Gasteiger partial charge in [0.15, 0.2) is 6.10 Å². The fraction of sp³-hybridized carbons (Fsp3) is 0.125. The minimum absolute atomic E-state index is 0.118. The molecular formula is C16H16N2O6. The summed E-state index contributed by atoms with van der Waals surface area (Å²) in [6.45, 7) is 1.50. The Labute approximate surface area is 137 Å². The van der Waals surface area contributed by atoms with Crippen molar-refractivity contribution in [2.75, 3.05) is 0 Å². The molecule has 0 fully saturated rings. The molecule has 126 valence electrons. The zero-order valence-electron chi connectivity index (χ0n) is 12.6. The summed E-state index contributed by atoms with van der Waals surface area (Å²) < 4.78 is 0. The Balaban J connectivity index is 2.05. The molecule has 0 aliphatic heterocycles. The van der Waals surface area contributed by atoms with Crippen molar-refractivity contribution in [3.8, 4) is 17.2 Å². The van der Waals surface area contributed by atoms with E-state index in [2.05, 4.69) is 5.43 Å². The van der Waals surface area contributed by atoms with Gasteiger partial charge >= 0.3 is 0 Å². The Morgan fingerprint density at radius 2 is 1.71 bits per heavy atom. The Morgan fingerprint density at radius 3 is 2.33 bits per heavy atom. The maximum absolute atomic E-state index is 12.0. The SMILES string of the molecule is Cc1cc(O)cc(O)c1C(=O)NNC(=O)C(O)c1cccc(O)c1. The molecule has 1 atom stereocenters. The average Bonchev–Trinajstić information content (AvgIpc) is 2.50. The number of aryl methyl sites for hydroxylation is 1. The molecule has 2 rings (SSSR count). The highest BCUT2D eigenvalue weighted by molar-refractivity contribution is 5.99. The summed E-state index contributed by atoms with van der Waals surface area (Å²) in [4.78, 5) is 23.9. The predicted molar refractivity (Wildman–Crippen MR) is 83.2 cm³/mol. The largest absolute Gasteiger partial charge is 0.508 e. The third kappa shape index (κ3) is 3.73. The van der Waals surface area contributed by atoms with E-state index in [0.717, 1.165) is 6.07 Å². The van der Waals surface area contributed by atoms with Gasteiger partial charge < -0.3 is 20.4 Å². The van der Waals surface area contributed by atoms with Gasteiger partial charge in [0, 0.05) is 6.07 Å². The van der Waals surface area contributed by atoms with Gasteiger partial charge in [-0.1, -0.05) is 12.1 Å². The van der Waals surface area contributed by atoms with E-state index in [9.17, 15) is 30.0 Å². The van der Waals surface area contributed by atoms with Crippen LogP contribution in [0.4, 0.5) is 0 Å². The lowest BCUT2D eigenvalue weighted by Gasteiger charge is -2.14. The van der Waals surface area contributed by atoms with Crippen LogP contribution in [-0.2, 0) is 4.79 Å². The summed E-state index contributed by atoms with van der Waals surface area (Å²) >= 11 is 0. The highest BCUT2D eigenvalue weighted by Crippen LogP contribution is 2.26. The van der Waals surface area contributed by atoms with Gasteiger partial charge in [0.1, 0.15) is 17.2 Å². The topological polar surface area (TPSA) is 139 Å². The van der Waals surface area contributed by atoms with Crippen LogP contribution in [0.15, 0.2) is 36.4 Å². The minimum atomic E-state index is -1.60. The lowest BCUT2D eigenvalue weighted by atomic mass is 10.1.